The second-order valence-corrected chi connectivity index (χ2v) is 5.49. The molecule has 3 N–H and O–H groups in total. The van der Waals surface area contributed by atoms with E-state index >= 15 is 0 Å². The topological polar surface area (TPSA) is 100 Å². The number of hydrogen-bond donors (Lipinski definition) is 3. The quantitative estimate of drug-likeness (QED) is 0.383. The van der Waals surface area contributed by atoms with Gasteiger partial charge in [0.05, 0.1) is 12.8 Å². The highest BCUT2D eigenvalue weighted by atomic mass is 16.5. The zero-order chi connectivity index (χ0) is 18.6. The fourth-order valence-corrected chi connectivity index (χ4v) is 2.28. The van der Waals surface area contributed by atoms with E-state index in [1.807, 2.05) is 60.7 Å². The number of ether oxygens (including phenoxy) is 1. The number of carbonyl (C=O) groups is 2. The minimum absolute atomic E-state index is 0.0569. The van der Waals surface area contributed by atoms with E-state index in [0.29, 0.717) is 6.42 Å². The normalized spacial score (nSPS) is 11.7. The number of alkyl carbamates (subject to hydrolysis) is 1. The van der Waals surface area contributed by atoms with Crippen molar-refractivity contribution in [3.05, 3.63) is 71.8 Å². The van der Waals surface area contributed by atoms with Crippen molar-refractivity contribution in [1.82, 2.24) is 10.6 Å². The van der Waals surface area contributed by atoms with E-state index in [0.717, 1.165) is 17.3 Å². The average Bonchev–Trinajstić information content (AvgIpc) is 2.67. The van der Waals surface area contributed by atoms with Crippen LogP contribution in [0.3, 0.4) is 0 Å². The molecule has 0 aliphatic heterocycles. The molecule has 0 unspecified atom stereocenters. The summed E-state index contributed by atoms with van der Waals surface area (Å²) in [5.41, 5.74) is 1.75. The standard InChI is InChI=1S/C19H21N3O4/c23-18(20-11-12-21-25)17(13-15-7-3-1-4-8-15)22-19(24)26-14-16-9-5-2-6-10-16/h1-10,12,17,25H,11,13-14H2,(H,20,23)(H,22,24)/t17-/m0/s1. The molecular formula is C19H21N3O4. The van der Waals surface area contributed by atoms with Crippen LogP contribution in [0.1, 0.15) is 11.1 Å². The molecule has 2 aromatic carbocycles. The van der Waals surface area contributed by atoms with Gasteiger partial charge in [0.1, 0.15) is 12.6 Å². The predicted molar refractivity (Wildman–Crippen MR) is 97.0 cm³/mol. The molecule has 1 atom stereocenters. The Bertz CT molecular complexity index is 720. The fourth-order valence-electron chi connectivity index (χ4n) is 2.28. The van der Waals surface area contributed by atoms with Gasteiger partial charge in [-0.1, -0.05) is 60.7 Å². The van der Waals surface area contributed by atoms with Crippen molar-refractivity contribution >= 4 is 18.2 Å². The molecule has 0 fully saturated rings. The lowest BCUT2D eigenvalue weighted by molar-refractivity contribution is -0.122. The molecule has 0 radical (unpaired) electrons. The molecule has 0 aromatic heterocycles. The number of benzene rings is 2. The molecular weight excluding hydrogens is 334 g/mol. The average molecular weight is 355 g/mol. The van der Waals surface area contributed by atoms with Crippen LogP contribution in [-0.2, 0) is 22.6 Å². The summed E-state index contributed by atoms with van der Waals surface area (Å²) in [6.07, 6.45) is 0.773. The third-order valence-electron chi connectivity index (χ3n) is 3.55. The molecule has 0 saturated heterocycles. The molecule has 26 heavy (non-hydrogen) atoms. The first-order valence-corrected chi connectivity index (χ1v) is 8.14. The molecule has 0 aliphatic rings. The molecule has 2 amide bonds. The molecule has 2 rings (SSSR count). The zero-order valence-electron chi connectivity index (χ0n) is 14.2. The van der Waals surface area contributed by atoms with E-state index in [-0.39, 0.29) is 13.2 Å². The Kier molecular flexibility index (Phi) is 7.67. The number of rotatable bonds is 8. The van der Waals surface area contributed by atoms with E-state index in [1.54, 1.807) is 0 Å². The van der Waals surface area contributed by atoms with Crippen LogP contribution >= 0.6 is 0 Å². The Balaban J connectivity index is 1.95. The van der Waals surface area contributed by atoms with Crippen LogP contribution in [0.25, 0.3) is 0 Å². The van der Waals surface area contributed by atoms with Crippen molar-refractivity contribution < 1.29 is 19.5 Å². The SMILES string of the molecule is O=C(N[C@@H](Cc1ccccc1)C(=O)NCC=NO)OCc1ccccc1. The van der Waals surface area contributed by atoms with Gasteiger partial charge in [-0.05, 0) is 11.1 Å². The maximum absolute atomic E-state index is 12.3. The number of nitrogens with zero attached hydrogens (tertiary/aromatic N) is 1. The van der Waals surface area contributed by atoms with Gasteiger partial charge in [-0.15, -0.1) is 5.16 Å². The van der Waals surface area contributed by atoms with Gasteiger partial charge in [-0.2, -0.15) is 0 Å². The smallest absolute Gasteiger partial charge is 0.408 e. The molecule has 0 aliphatic carbocycles. The highest BCUT2D eigenvalue weighted by Gasteiger charge is 2.21. The van der Waals surface area contributed by atoms with Gasteiger partial charge in [0.2, 0.25) is 5.91 Å². The van der Waals surface area contributed by atoms with Crippen molar-refractivity contribution in [3.8, 4) is 0 Å². The molecule has 0 spiro atoms. The van der Waals surface area contributed by atoms with Crippen LogP contribution in [0.5, 0.6) is 0 Å². The van der Waals surface area contributed by atoms with Crippen LogP contribution in [0.2, 0.25) is 0 Å². The lowest BCUT2D eigenvalue weighted by atomic mass is 10.1. The summed E-state index contributed by atoms with van der Waals surface area (Å²) in [7, 11) is 0. The summed E-state index contributed by atoms with van der Waals surface area (Å²) in [6, 6.07) is 17.8. The molecule has 0 saturated carbocycles. The number of hydrogen-bond acceptors (Lipinski definition) is 5. The Morgan fingerprint density at radius 2 is 1.65 bits per heavy atom. The van der Waals surface area contributed by atoms with Crippen LogP contribution < -0.4 is 10.6 Å². The minimum atomic E-state index is -0.812. The summed E-state index contributed by atoms with van der Waals surface area (Å²) in [5, 5.41) is 16.4. The van der Waals surface area contributed by atoms with Gasteiger partial charge in [0.25, 0.3) is 0 Å². The van der Waals surface area contributed by atoms with Gasteiger partial charge in [0.15, 0.2) is 0 Å². The van der Waals surface area contributed by atoms with Crippen molar-refractivity contribution in [3.63, 3.8) is 0 Å². The minimum Gasteiger partial charge on any atom is -0.445 e. The van der Waals surface area contributed by atoms with Gasteiger partial charge in [-0.25, -0.2) is 4.79 Å². The van der Waals surface area contributed by atoms with Gasteiger partial charge >= 0.3 is 6.09 Å². The molecule has 0 bridgehead atoms. The van der Waals surface area contributed by atoms with Gasteiger partial charge in [0, 0.05) is 6.42 Å². The van der Waals surface area contributed by atoms with Gasteiger partial charge < -0.3 is 20.6 Å². The van der Waals surface area contributed by atoms with Crippen molar-refractivity contribution in [1.29, 1.82) is 0 Å². The first-order valence-electron chi connectivity index (χ1n) is 8.14. The molecule has 0 heterocycles. The third kappa shape index (κ3) is 6.64. The Morgan fingerprint density at radius 1 is 1.04 bits per heavy atom. The maximum Gasteiger partial charge on any atom is 0.408 e. The lowest BCUT2D eigenvalue weighted by Gasteiger charge is -2.18. The Labute approximate surface area is 151 Å². The van der Waals surface area contributed by atoms with E-state index in [9.17, 15) is 9.59 Å². The number of amides is 2. The summed E-state index contributed by atoms with van der Waals surface area (Å²) in [6.45, 7) is 0.172. The predicted octanol–water partition coefficient (Wildman–Crippen LogP) is 2.10. The van der Waals surface area contributed by atoms with Crippen LogP contribution in [0.4, 0.5) is 4.79 Å². The summed E-state index contributed by atoms with van der Waals surface area (Å²) in [4.78, 5) is 24.4. The fraction of sp³-hybridized carbons (Fsp3) is 0.211. The molecule has 7 heteroatoms. The first-order chi connectivity index (χ1) is 12.7. The molecule has 2 aromatic rings. The van der Waals surface area contributed by atoms with E-state index in [1.165, 1.54) is 0 Å². The highest BCUT2D eigenvalue weighted by molar-refractivity contribution is 5.87. The van der Waals surface area contributed by atoms with Crippen molar-refractivity contribution in [2.24, 2.45) is 5.16 Å². The summed E-state index contributed by atoms with van der Waals surface area (Å²) < 4.78 is 5.18. The largest absolute Gasteiger partial charge is 0.445 e. The second kappa shape index (κ2) is 10.5. The second-order valence-electron chi connectivity index (χ2n) is 5.49. The monoisotopic (exact) mass is 355 g/mol. The van der Waals surface area contributed by atoms with Crippen molar-refractivity contribution in [2.45, 2.75) is 19.1 Å². The third-order valence-corrected chi connectivity index (χ3v) is 3.55. The van der Waals surface area contributed by atoms with E-state index < -0.39 is 18.0 Å². The Morgan fingerprint density at radius 3 is 2.27 bits per heavy atom. The lowest BCUT2D eigenvalue weighted by Crippen LogP contribution is -2.48. The van der Waals surface area contributed by atoms with Crippen LogP contribution in [0, 0.1) is 0 Å². The highest BCUT2D eigenvalue weighted by Crippen LogP contribution is 2.05. The summed E-state index contributed by atoms with van der Waals surface area (Å²) >= 11 is 0. The summed E-state index contributed by atoms with van der Waals surface area (Å²) in [5.74, 6) is -0.398. The van der Waals surface area contributed by atoms with E-state index in [4.69, 9.17) is 9.94 Å². The molecule has 136 valence electrons. The maximum atomic E-state index is 12.3. The zero-order valence-corrected chi connectivity index (χ0v) is 14.2. The first kappa shape index (κ1) is 19.0. The van der Waals surface area contributed by atoms with Crippen molar-refractivity contribution in [2.75, 3.05) is 6.54 Å². The number of oxime groups is 1. The molecule has 7 nitrogen and oxygen atoms in total. The van der Waals surface area contributed by atoms with E-state index in [2.05, 4.69) is 15.8 Å². The number of nitrogens with one attached hydrogen (secondary N) is 2. The van der Waals surface area contributed by atoms with Gasteiger partial charge in [-0.3, -0.25) is 4.79 Å². The Hall–Kier alpha value is -3.35. The van der Waals surface area contributed by atoms with Crippen LogP contribution in [-0.4, -0.2) is 36.0 Å². The number of carbonyl (C=O) groups excluding carboxylic acids is 2. The van der Waals surface area contributed by atoms with Crippen LogP contribution in [0.15, 0.2) is 65.8 Å².